The molecule has 0 radical (unpaired) electrons. The van der Waals surface area contributed by atoms with E-state index in [-0.39, 0.29) is 5.91 Å². The van der Waals surface area contributed by atoms with E-state index >= 15 is 0 Å². The van der Waals surface area contributed by atoms with E-state index in [4.69, 9.17) is 5.73 Å². The van der Waals surface area contributed by atoms with E-state index in [9.17, 15) is 4.79 Å². The Hall–Kier alpha value is -1.62. The number of aromatic nitrogens is 1. The highest BCUT2D eigenvalue weighted by atomic mass is 32.1. The largest absolute Gasteiger partial charge is 0.396 e. The average molecular weight is 275 g/mol. The molecule has 1 fully saturated rings. The van der Waals surface area contributed by atoms with E-state index < -0.39 is 0 Å². The van der Waals surface area contributed by atoms with Crippen molar-refractivity contribution in [3.8, 4) is 0 Å². The van der Waals surface area contributed by atoms with Gasteiger partial charge in [-0.3, -0.25) is 9.78 Å². The van der Waals surface area contributed by atoms with Crippen LogP contribution in [0.4, 0.5) is 5.69 Å². The summed E-state index contributed by atoms with van der Waals surface area (Å²) in [5.41, 5.74) is 7.26. The predicted molar refractivity (Wildman–Crippen MR) is 78.3 cm³/mol. The van der Waals surface area contributed by atoms with Gasteiger partial charge in [-0.05, 0) is 30.9 Å². The van der Waals surface area contributed by atoms with Crippen molar-refractivity contribution in [3.63, 3.8) is 0 Å². The molecule has 0 aromatic carbocycles. The van der Waals surface area contributed by atoms with Crippen LogP contribution in [-0.2, 0) is 0 Å². The van der Waals surface area contributed by atoms with Crippen LogP contribution < -0.4 is 11.1 Å². The normalized spacial score (nSPS) is 21.5. The van der Waals surface area contributed by atoms with Crippen molar-refractivity contribution in [2.24, 2.45) is 5.92 Å². The lowest BCUT2D eigenvalue weighted by atomic mass is 10.2. The number of thiophene rings is 1. The molecule has 2 atom stereocenters. The van der Waals surface area contributed by atoms with E-state index in [1.165, 1.54) is 24.2 Å². The molecular formula is C14H17N3OS. The summed E-state index contributed by atoms with van der Waals surface area (Å²) in [6.07, 6.45) is 5.16. The van der Waals surface area contributed by atoms with Gasteiger partial charge in [0.15, 0.2) is 0 Å². The molecule has 2 unspecified atom stereocenters. The van der Waals surface area contributed by atoms with Crippen LogP contribution in [-0.4, -0.2) is 16.9 Å². The molecule has 19 heavy (non-hydrogen) atoms. The fourth-order valence-corrected chi connectivity index (χ4v) is 3.45. The third-order valence-corrected chi connectivity index (χ3v) is 4.75. The maximum atomic E-state index is 12.2. The van der Waals surface area contributed by atoms with E-state index in [1.54, 1.807) is 6.20 Å². The van der Waals surface area contributed by atoms with Crippen LogP contribution in [0.3, 0.4) is 0 Å². The molecule has 100 valence electrons. The average Bonchev–Trinajstić information content (AvgIpc) is 3.04. The molecule has 0 aliphatic heterocycles. The summed E-state index contributed by atoms with van der Waals surface area (Å²) in [6, 6.07) is 4.14. The van der Waals surface area contributed by atoms with Gasteiger partial charge in [-0.2, -0.15) is 0 Å². The first-order valence-corrected chi connectivity index (χ1v) is 7.46. The molecule has 3 rings (SSSR count). The maximum Gasteiger partial charge on any atom is 0.263 e. The number of nitrogen functional groups attached to an aromatic ring is 1. The second-order valence-electron chi connectivity index (χ2n) is 5.06. The van der Waals surface area contributed by atoms with Crippen LogP contribution in [0.2, 0.25) is 0 Å². The number of hydrogen-bond donors (Lipinski definition) is 2. The number of amides is 1. The van der Waals surface area contributed by atoms with Gasteiger partial charge in [0.05, 0.1) is 10.4 Å². The Bertz CT molecular complexity index is 622. The summed E-state index contributed by atoms with van der Waals surface area (Å²) in [5, 5.41) is 3.07. The van der Waals surface area contributed by atoms with Crippen molar-refractivity contribution in [1.29, 1.82) is 0 Å². The second-order valence-corrected chi connectivity index (χ2v) is 6.11. The quantitative estimate of drug-likeness (QED) is 0.901. The zero-order valence-corrected chi connectivity index (χ0v) is 11.7. The van der Waals surface area contributed by atoms with Crippen LogP contribution in [0, 0.1) is 5.92 Å². The molecule has 0 spiro atoms. The fourth-order valence-electron chi connectivity index (χ4n) is 2.46. The van der Waals surface area contributed by atoms with E-state index in [2.05, 4.69) is 17.2 Å². The Labute approximate surface area is 116 Å². The van der Waals surface area contributed by atoms with Crippen molar-refractivity contribution >= 4 is 33.1 Å². The first-order chi connectivity index (χ1) is 9.20. The minimum absolute atomic E-state index is 0.0518. The van der Waals surface area contributed by atoms with Gasteiger partial charge in [0.25, 0.3) is 5.91 Å². The SMILES string of the molecule is CCCC1CC1NC(=O)c1sc2cccnc2c1N. The molecule has 2 aromatic heterocycles. The Morgan fingerprint density at radius 2 is 2.47 bits per heavy atom. The highest BCUT2D eigenvalue weighted by molar-refractivity contribution is 7.21. The van der Waals surface area contributed by atoms with E-state index in [0.717, 1.165) is 16.6 Å². The number of carbonyl (C=O) groups excluding carboxylic acids is 1. The lowest BCUT2D eigenvalue weighted by Crippen LogP contribution is -2.26. The standard InChI is InChI=1S/C14H17N3OS/c1-2-4-8-7-9(8)17-14(18)13-11(15)12-10(19-13)5-3-6-16-12/h3,5-6,8-9H,2,4,7,15H2,1H3,(H,17,18). The number of nitrogens with zero attached hydrogens (tertiary/aromatic N) is 1. The Balaban J connectivity index is 1.77. The van der Waals surface area contributed by atoms with E-state index in [1.807, 2.05) is 12.1 Å². The maximum absolute atomic E-state index is 12.2. The Kier molecular flexibility index (Phi) is 3.14. The molecule has 0 saturated heterocycles. The molecule has 1 aliphatic rings. The molecule has 4 nitrogen and oxygen atoms in total. The van der Waals surface area contributed by atoms with Gasteiger partial charge in [-0.15, -0.1) is 11.3 Å². The molecule has 2 aromatic rings. The van der Waals surface area contributed by atoms with Crippen LogP contribution >= 0.6 is 11.3 Å². The summed E-state index contributed by atoms with van der Waals surface area (Å²) in [6.45, 7) is 2.17. The number of nitrogens with two attached hydrogens (primary N) is 1. The number of nitrogens with one attached hydrogen (secondary N) is 1. The van der Waals surface area contributed by atoms with Crippen molar-refractivity contribution < 1.29 is 4.79 Å². The highest BCUT2D eigenvalue weighted by Crippen LogP contribution is 2.36. The van der Waals surface area contributed by atoms with Gasteiger partial charge in [-0.1, -0.05) is 13.3 Å². The predicted octanol–water partition coefficient (Wildman–Crippen LogP) is 2.80. The van der Waals surface area contributed by atoms with Crippen molar-refractivity contribution in [3.05, 3.63) is 23.2 Å². The van der Waals surface area contributed by atoms with Crippen molar-refractivity contribution in [1.82, 2.24) is 10.3 Å². The van der Waals surface area contributed by atoms with Gasteiger partial charge < -0.3 is 11.1 Å². The third-order valence-electron chi connectivity index (χ3n) is 3.59. The van der Waals surface area contributed by atoms with Crippen LogP contribution in [0.5, 0.6) is 0 Å². The summed E-state index contributed by atoms with van der Waals surface area (Å²) < 4.78 is 0.964. The number of carbonyl (C=O) groups is 1. The number of pyridine rings is 1. The first-order valence-electron chi connectivity index (χ1n) is 6.64. The van der Waals surface area contributed by atoms with E-state index in [0.29, 0.717) is 22.5 Å². The number of fused-ring (bicyclic) bond motifs is 1. The van der Waals surface area contributed by atoms with Gasteiger partial charge in [0.2, 0.25) is 0 Å². The fraction of sp³-hybridized carbons (Fsp3) is 0.429. The van der Waals surface area contributed by atoms with Crippen LogP contribution in [0.25, 0.3) is 10.2 Å². The third kappa shape index (κ3) is 2.30. The molecule has 0 bridgehead atoms. The summed E-state index contributed by atoms with van der Waals surface area (Å²) >= 11 is 1.42. The number of hydrogen-bond acceptors (Lipinski definition) is 4. The lowest BCUT2D eigenvalue weighted by Gasteiger charge is -2.03. The highest BCUT2D eigenvalue weighted by Gasteiger charge is 2.37. The molecule has 5 heteroatoms. The molecule has 3 N–H and O–H groups in total. The topological polar surface area (TPSA) is 68.0 Å². The van der Waals surface area contributed by atoms with Crippen LogP contribution in [0.1, 0.15) is 35.9 Å². The van der Waals surface area contributed by atoms with Crippen molar-refractivity contribution in [2.75, 3.05) is 5.73 Å². The first kappa shape index (κ1) is 12.4. The summed E-state index contributed by atoms with van der Waals surface area (Å²) in [7, 11) is 0. The molecule has 1 aliphatic carbocycles. The lowest BCUT2D eigenvalue weighted by molar-refractivity contribution is 0.0953. The van der Waals surface area contributed by atoms with Gasteiger partial charge >= 0.3 is 0 Å². The zero-order valence-electron chi connectivity index (χ0n) is 10.8. The zero-order chi connectivity index (χ0) is 13.4. The summed E-state index contributed by atoms with van der Waals surface area (Å²) in [5.74, 6) is 0.604. The van der Waals surface area contributed by atoms with Gasteiger partial charge in [-0.25, -0.2) is 0 Å². The molecule has 1 amide bonds. The Morgan fingerprint density at radius 3 is 3.21 bits per heavy atom. The molecule has 1 saturated carbocycles. The van der Waals surface area contributed by atoms with Crippen molar-refractivity contribution in [2.45, 2.75) is 32.2 Å². The summed E-state index contributed by atoms with van der Waals surface area (Å²) in [4.78, 5) is 17.0. The molecular weight excluding hydrogens is 258 g/mol. The Morgan fingerprint density at radius 1 is 1.63 bits per heavy atom. The molecule has 2 heterocycles. The number of anilines is 1. The smallest absolute Gasteiger partial charge is 0.263 e. The minimum atomic E-state index is -0.0518. The number of rotatable bonds is 4. The van der Waals surface area contributed by atoms with Gasteiger partial charge in [0.1, 0.15) is 10.4 Å². The minimum Gasteiger partial charge on any atom is -0.396 e. The second kappa shape index (κ2) is 4.81. The monoisotopic (exact) mass is 275 g/mol. The van der Waals surface area contributed by atoms with Crippen LogP contribution in [0.15, 0.2) is 18.3 Å². The van der Waals surface area contributed by atoms with Gasteiger partial charge in [0, 0.05) is 12.2 Å².